The molecule has 1 amide bonds. The molecule has 0 saturated carbocycles. The van der Waals surface area contributed by atoms with E-state index in [4.69, 9.17) is 10.00 Å². The minimum atomic E-state index is -0.429. The second-order valence-electron chi connectivity index (χ2n) is 5.80. The average Bonchev–Trinajstić information content (AvgIpc) is 3.00. The molecule has 1 aromatic heterocycles. The number of nitrogens with zero attached hydrogens (tertiary/aromatic N) is 3. The van der Waals surface area contributed by atoms with Gasteiger partial charge in [-0.05, 0) is 49.7 Å². The number of benzene rings is 2. The van der Waals surface area contributed by atoms with Crippen molar-refractivity contribution < 1.29 is 14.3 Å². The number of hydrogen-bond acceptors (Lipinski definition) is 5. The normalized spacial score (nSPS) is 11.4. The number of fused-ring (bicyclic) bond motifs is 1. The molecule has 27 heavy (non-hydrogen) atoms. The summed E-state index contributed by atoms with van der Waals surface area (Å²) in [4.78, 5) is 29.3. The van der Waals surface area contributed by atoms with Gasteiger partial charge in [0, 0.05) is 5.56 Å². The van der Waals surface area contributed by atoms with Crippen LogP contribution in [-0.4, -0.2) is 23.1 Å². The van der Waals surface area contributed by atoms with Gasteiger partial charge in [0.25, 0.3) is 5.91 Å². The molecule has 3 rings (SSSR count). The number of carbonyl (C=O) groups excluding carboxylic acids is 2. The molecule has 3 aromatic rings. The van der Waals surface area contributed by atoms with E-state index in [1.165, 1.54) is 11.3 Å². The number of aromatic nitrogens is 1. The predicted molar refractivity (Wildman–Crippen MR) is 102 cm³/mol. The Morgan fingerprint density at radius 1 is 1.22 bits per heavy atom. The van der Waals surface area contributed by atoms with Crippen LogP contribution in [0.5, 0.6) is 0 Å². The molecule has 0 unspecified atom stereocenters. The summed E-state index contributed by atoms with van der Waals surface area (Å²) in [5.74, 6) is -0.811. The number of ether oxygens (including phenoxy) is 1. The van der Waals surface area contributed by atoms with Crippen LogP contribution >= 0.6 is 11.3 Å². The Morgan fingerprint density at radius 3 is 2.63 bits per heavy atom. The summed E-state index contributed by atoms with van der Waals surface area (Å²) in [6.45, 7) is 3.97. The van der Waals surface area contributed by atoms with E-state index in [2.05, 4.69) is 4.99 Å². The lowest BCUT2D eigenvalue weighted by molar-refractivity contribution is -0.143. The molecule has 136 valence electrons. The third-order valence-corrected chi connectivity index (χ3v) is 5.00. The van der Waals surface area contributed by atoms with E-state index < -0.39 is 5.91 Å². The molecule has 0 bridgehead atoms. The second kappa shape index (κ2) is 7.98. The van der Waals surface area contributed by atoms with E-state index in [1.807, 2.05) is 31.2 Å². The molecule has 0 spiro atoms. The third-order valence-electron chi connectivity index (χ3n) is 3.95. The molecular weight excluding hydrogens is 362 g/mol. The number of hydrogen-bond donors (Lipinski definition) is 0. The molecule has 0 fully saturated rings. The maximum Gasteiger partial charge on any atom is 0.326 e. The Hall–Kier alpha value is -3.24. The van der Waals surface area contributed by atoms with E-state index >= 15 is 0 Å². The Morgan fingerprint density at radius 2 is 1.96 bits per heavy atom. The summed E-state index contributed by atoms with van der Waals surface area (Å²) < 4.78 is 7.71. The van der Waals surface area contributed by atoms with Crippen LogP contribution < -0.4 is 4.80 Å². The molecule has 0 radical (unpaired) electrons. The van der Waals surface area contributed by atoms with Gasteiger partial charge < -0.3 is 9.30 Å². The van der Waals surface area contributed by atoms with E-state index in [0.29, 0.717) is 15.9 Å². The van der Waals surface area contributed by atoms with Crippen molar-refractivity contribution in [2.45, 2.75) is 20.4 Å². The van der Waals surface area contributed by atoms with Crippen molar-refractivity contribution in [1.82, 2.24) is 4.57 Å². The Kier molecular flexibility index (Phi) is 5.48. The maximum atomic E-state index is 12.6. The van der Waals surface area contributed by atoms with Gasteiger partial charge in [-0.1, -0.05) is 23.5 Å². The molecule has 6 nitrogen and oxygen atoms in total. The molecule has 0 aliphatic carbocycles. The van der Waals surface area contributed by atoms with Gasteiger partial charge in [-0.15, -0.1) is 0 Å². The zero-order valence-corrected chi connectivity index (χ0v) is 15.7. The summed E-state index contributed by atoms with van der Waals surface area (Å²) >= 11 is 1.34. The molecule has 2 aromatic carbocycles. The maximum absolute atomic E-state index is 12.6. The summed E-state index contributed by atoms with van der Waals surface area (Å²) in [5, 5.41) is 8.87. The fourth-order valence-corrected chi connectivity index (χ4v) is 3.82. The van der Waals surface area contributed by atoms with Crippen molar-refractivity contribution in [3.8, 4) is 6.07 Å². The topological polar surface area (TPSA) is 84.5 Å². The first kappa shape index (κ1) is 18.5. The van der Waals surface area contributed by atoms with Crippen LogP contribution in [0.4, 0.5) is 0 Å². The van der Waals surface area contributed by atoms with Crippen molar-refractivity contribution in [2.24, 2.45) is 4.99 Å². The van der Waals surface area contributed by atoms with Gasteiger partial charge in [-0.2, -0.15) is 10.3 Å². The van der Waals surface area contributed by atoms with Crippen LogP contribution in [0.25, 0.3) is 10.2 Å². The highest BCUT2D eigenvalue weighted by atomic mass is 32.1. The number of para-hydroxylation sites is 1. The highest BCUT2D eigenvalue weighted by molar-refractivity contribution is 7.16. The zero-order valence-electron chi connectivity index (χ0n) is 14.9. The van der Waals surface area contributed by atoms with E-state index in [9.17, 15) is 9.59 Å². The SMILES string of the molecule is CCOC(=O)Cn1c(=NC(=O)c2ccc(C#N)cc2)sc2cccc(C)c21. The highest BCUT2D eigenvalue weighted by Crippen LogP contribution is 2.21. The molecule has 0 aliphatic rings. The highest BCUT2D eigenvalue weighted by Gasteiger charge is 2.14. The van der Waals surface area contributed by atoms with Gasteiger partial charge in [0.1, 0.15) is 6.54 Å². The summed E-state index contributed by atoms with van der Waals surface area (Å²) in [6, 6.07) is 14.1. The Balaban J connectivity index is 2.10. The first-order valence-electron chi connectivity index (χ1n) is 8.37. The lowest BCUT2D eigenvalue weighted by Crippen LogP contribution is -2.23. The molecule has 0 N–H and O–H groups in total. The van der Waals surface area contributed by atoms with Gasteiger partial charge in [0.15, 0.2) is 4.80 Å². The largest absolute Gasteiger partial charge is 0.465 e. The van der Waals surface area contributed by atoms with Crippen LogP contribution in [0.3, 0.4) is 0 Å². The van der Waals surface area contributed by atoms with Crippen molar-refractivity contribution >= 4 is 33.4 Å². The number of esters is 1. The number of carbonyl (C=O) groups is 2. The third kappa shape index (κ3) is 3.96. The van der Waals surface area contributed by atoms with Crippen LogP contribution in [0.15, 0.2) is 47.5 Å². The van der Waals surface area contributed by atoms with Crippen LogP contribution in [0.2, 0.25) is 0 Å². The first-order valence-corrected chi connectivity index (χ1v) is 9.19. The number of thiazole rings is 1. The van der Waals surface area contributed by atoms with Crippen molar-refractivity contribution in [3.05, 3.63) is 64.0 Å². The summed E-state index contributed by atoms with van der Waals surface area (Å²) in [6.07, 6.45) is 0. The van der Waals surface area contributed by atoms with Gasteiger partial charge in [-0.3, -0.25) is 9.59 Å². The summed E-state index contributed by atoms with van der Waals surface area (Å²) in [7, 11) is 0. The average molecular weight is 379 g/mol. The van der Waals surface area contributed by atoms with Crippen molar-refractivity contribution in [1.29, 1.82) is 5.26 Å². The minimum absolute atomic E-state index is 0.0157. The van der Waals surface area contributed by atoms with E-state index in [-0.39, 0.29) is 19.1 Å². The van der Waals surface area contributed by atoms with Crippen LogP contribution in [0, 0.1) is 18.3 Å². The van der Waals surface area contributed by atoms with E-state index in [0.717, 1.165) is 15.8 Å². The lowest BCUT2D eigenvalue weighted by Gasteiger charge is -2.06. The van der Waals surface area contributed by atoms with Gasteiger partial charge in [0.2, 0.25) is 0 Å². The lowest BCUT2D eigenvalue weighted by atomic mass is 10.1. The summed E-state index contributed by atoms with van der Waals surface area (Å²) in [5.41, 5.74) is 2.70. The first-order chi connectivity index (χ1) is 13.0. The number of rotatable bonds is 4. The number of nitriles is 1. The Bertz CT molecular complexity index is 1120. The van der Waals surface area contributed by atoms with Crippen LogP contribution in [0.1, 0.15) is 28.4 Å². The standard InChI is InChI=1S/C20H17N3O3S/c1-3-26-17(24)12-23-18-13(2)5-4-6-16(18)27-20(23)22-19(25)15-9-7-14(11-21)8-10-15/h4-10H,3,12H2,1-2H3. The smallest absolute Gasteiger partial charge is 0.326 e. The van der Waals surface area contributed by atoms with Gasteiger partial charge in [0.05, 0.1) is 28.5 Å². The van der Waals surface area contributed by atoms with Crippen molar-refractivity contribution in [2.75, 3.05) is 6.61 Å². The Labute approximate surface area is 160 Å². The molecule has 0 aliphatic heterocycles. The number of amides is 1. The fourth-order valence-electron chi connectivity index (χ4n) is 2.71. The fraction of sp³-hybridized carbons (Fsp3) is 0.200. The molecular formula is C20H17N3O3S. The zero-order chi connectivity index (χ0) is 19.4. The van der Waals surface area contributed by atoms with Gasteiger partial charge in [-0.25, -0.2) is 0 Å². The minimum Gasteiger partial charge on any atom is -0.465 e. The second-order valence-corrected chi connectivity index (χ2v) is 6.81. The van der Waals surface area contributed by atoms with E-state index in [1.54, 1.807) is 35.8 Å². The molecule has 0 atom stereocenters. The quantitative estimate of drug-likeness (QED) is 0.652. The molecule has 0 saturated heterocycles. The number of aryl methyl sites for hydroxylation is 1. The van der Waals surface area contributed by atoms with Crippen LogP contribution in [-0.2, 0) is 16.1 Å². The monoisotopic (exact) mass is 379 g/mol. The van der Waals surface area contributed by atoms with Crippen molar-refractivity contribution in [3.63, 3.8) is 0 Å². The van der Waals surface area contributed by atoms with Gasteiger partial charge >= 0.3 is 5.97 Å². The molecule has 7 heteroatoms. The predicted octanol–water partition coefficient (Wildman–Crippen LogP) is 3.19. The molecule has 1 heterocycles.